The molecule has 8 atom stereocenters. The Labute approximate surface area is 337 Å². The smallest absolute Gasteiger partial charge is 0.224 e. The molecule has 0 spiro atoms. The second-order valence-corrected chi connectivity index (χ2v) is 18.0. The van der Waals surface area contributed by atoms with E-state index in [1.807, 2.05) is 50.7 Å². The van der Waals surface area contributed by atoms with Gasteiger partial charge in [-0.3, -0.25) is 0 Å². The quantitative estimate of drug-likeness (QED) is 0.174. The molecule has 0 unspecified atom stereocenters. The van der Waals surface area contributed by atoms with Gasteiger partial charge in [-0.2, -0.15) is 9.97 Å². The lowest BCUT2D eigenvalue weighted by atomic mass is 10.0. The second kappa shape index (κ2) is 15.3. The molecule has 0 bridgehead atoms. The van der Waals surface area contributed by atoms with Crippen LogP contribution in [0.2, 0.25) is 10.6 Å². The fourth-order valence-corrected chi connectivity index (χ4v) is 10.4. The van der Waals surface area contributed by atoms with Crippen LogP contribution in [0.5, 0.6) is 0 Å². The average molecular weight is 814 g/mol. The summed E-state index contributed by atoms with van der Waals surface area (Å²) in [6.07, 6.45) is 15.0. The van der Waals surface area contributed by atoms with Crippen molar-refractivity contribution in [1.29, 1.82) is 0 Å². The van der Waals surface area contributed by atoms with Gasteiger partial charge in [-0.1, -0.05) is 58.3 Å². The molecule has 1 N–H and O–H groups in total. The van der Waals surface area contributed by atoms with Gasteiger partial charge in [0, 0.05) is 23.2 Å². The normalized spacial score (nSPS) is 32.4. The monoisotopic (exact) mass is 812 g/mol. The zero-order chi connectivity index (χ0) is 38.9. The number of halogens is 2. The van der Waals surface area contributed by atoms with E-state index < -0.39 is 23.9 Å². The maximum Gasteiger partial charge on any atom is 0.224 e. The molecule has 0 aromatic carbocycles. The predicted molar refractivity (Wildman–Crippen MR) is 209 cm³/mol. The van der Waals surface area contributed by atoms with Gasteiger partial charge in [-0.15, -0.1) is 0 Å². The first-order chi connectivity index (χ1) is 26.9. The highest BCUT2D eigenvalue weighted by molar-refractivity contribution is 6.28. The minimum atomic E-state index is -0.714. The number of aliphatic hydroxyl groups excluding tert-OH is 1. The minimum absolute atomic E-state index is 0.00416. The van der Waals surface area contributed by atoms with Crippen molar-refractivity contribution >= 4 is 45.3 Å². The van der Waals surface area contributed by atoms with Gasteiger partial charge in [0.15, 0.2) is 24.0 Å². The van der Waals surface area contributed by atoms with E-state index in [2.05, 4.69) is 37.5 Å². The molecular formula is C41H54Cl2N6O7. The van der Waals surface area contributed by atoms with E-state index in [-0.39, 0.29) is 48.6 Å². The van der Waals surface area contributed by atoms with Crippen molar-refractivity contribution in [3.05, 3.63) is 46.5 Å². The topological polar surface area (TPSA) is 137 Å². The zero-order valence-electron chi connectivity index (χ0n) is 32.9. The maximum atomic E-state index is 9.74. The molecule has 2 aliphatic carbocycles. The molecule has 0 amide bonds. The number of aromatic nitrogens is 6. The predicted octanol–water partition coefficient (Wildman–Crippen LogP) is 7.87. The molecule has 10 rings (SSSR count). The zero-order valence-corrected chi connectivity index (χ0v) is 34.4. The summed E-state index contributed by atoms with van der Waals surface area (Å²) < 4.78 is 40.9. The maximum absolute atomic E-state index is 9.74. The fourth-order valence-electron chi connectivity index (χ4n) is 10.1. The van der Waals surface area contributed by atoms with Crippen LogP contribution in [0.25, 0.3) is 22.1 Å². The molecule has 2 saturated carbocycles. The van der Waals surface area contributed by atoms with Crippen molar-refractivity contribution in [2.75, 3.05) is 6.61 Å². The van der Waals surface area contributed by atoms with E-state index in [9.17, 15) is 5.11 Å². The van der Waals surface area contributed by atoms with Crippen LogP contribution in [-0.4, -0.2) is 89.0 Å². The lowest BCUT2D eigenvalue weighted by molar-refractivity contribution is -0.199. The molecule has 0 radical (unpaired) electrons. The summed E-state index contributed by atoms with van der Waals surface area (Å²) in [5.41, 5.74) is 3.61. The highest BCUT2D eigenvalue weighted by Gasteiger charge is 2.57. The third-order valence-electron chi connectivity index (χ3n) is 12.5. The molecule has 304 valence electrons. The first-order valence-corrected chi connectivity index (χ1v) is 21.3. The van der Waals surface area contributed by atoms with Crippen molar-refractivity contribution in [3.63, 3.8) is 0 Å². The molecule has 56 heavy (non-hydrogen) atoms. The Balaban J connectivity index is 0.000000146. The highest BCUT2D eigenvalue weighted by Crippen LogP contribution is 2.46. The summed E-state index contributed by atoms with van der Waals surface area (Å²) in [7, 11) is 0. The molecule has 8 heterocycles. The van der Waals surface area contributed by atoms with Crippen molar-refractivity contribution in [2.24, 2.45) is 11.8 Å². The van der Waals surface area contributed by atoms with Gasteiger partial charge >= 0.3 is 0 Å². The van der Waals surface area contributed by atoms with Gasteiger partial charge in [0.25, 0.3) is 0 Å². The van der Waals surface area contributed by atoms with Gasteiger partial charge in [0.2, 0.25) is 10.6 Å². The van der Waals surface area contributed by atoms with Crippen LogP contribution in [-0.2, 0) is 41.3 Å². The summed E-state index contributed by atoms with van der Waals surface area (Å²) in [5, 5.41) is 12.4. The van der Waals surface area contributed by atoms with E-state index in [1.54, 1.807) is 0 Å². The van der Waals surface area contributed by atoms with Gasteiger partial charge in [-0.05, 0) is 94.1 Å². The summed E-state index contributed by atoms with van der Waals surface area (Å²) >= 11 is 12.6. The Morgan fingerprint density at radius 3 is 1.48 bits per heavy atom. The molecule has 6 aliphatic rings. The lowest BCUT2D eigenvalue weighted by Gasteiger charge is -2.24. The van der Waals surface area contributed by atoms with E-state index in [1.165, 1.54) is 51.4 Å². The number of hydrogen-bond donors (Lipinski definition) is 1. The number of aliphatic hydroxyl groups is 1. The summed E-state index contributed by atoms with van der Waals surface area (Å²) in [4.78, 5) is 18.2. The van der Waals surface area contributed by atoms with Crippen LogP contribution in [0.3, 0.4) is 0 Å². The average Bonchev–Trinajstić information content (AvgIpc) is 3.99. The van der Waals surface area contributed by atoms with Gasteiger partial charge in [0.1, 0.15) is 41.8 Å². The van der Waals surface area contributed by atoms with Crippen molar-refractivity contribution < 1.29 is 33.5 Å². The molecule has 4 saturated heterocycles. The van der Waals surface area contributed by atoms with E-state index in [4.69, 9.17) is 51.6 Å². The van der Waals surface area contributed by atoms with Gasteiger partial charge in [-0.25, -0.2) is 9.97 Å². The van der Waals surface area contributed by atoms with Crippen LogP contribution in [0.1, 0.15) is 116 Å². The number of ether oxygens (including phenoxy) is 6. The summed E-state index contributed by atoms with van der Waals surface area (Å²) in [5.74, 6) is 0.0411. The van der Waals surface area contributed by atoms with Gasteiger partial charge < -0.3 is 42.7 Å². The van der Waals surface area contributed by atoms with Crippen molar-refractivity contribution in [3.8, 4) is 0 Å². The largest absolute Gasteiger partial charge is 0.394 e. The van der Waals surface area contributed by atoms with Crippen molar-refractivity contribution in [2.45, 2.75) is 166 Å². The first-order valence-electron chi connectivity index (χ1n) is 20.6. The second-order valence-electron chi connectivity index (χ2n) is 17.4. The fraction of sp³-hybridized carbons (Fsp3) is 0.707. The van der Waals surface area contributed by atoms with Crippen LogP contribution in [0.4, 0.5) is 0 Å². The van der Waals surface area contributed by atoms with Crippen LogP contribution < -0.4 is 0 Å². The van der Waals surface area contributed by atoms with Gasteiger partial charge in [0.05, 0.1) is 24.1 Å². The standard InChI is InChI=1S/C21H28ClN3O3.C20H26ClN3O4/c1-4-15-16-17(28-21(2,3)27-16)19(26-15)25-10-9-13-14(11-12-7-5-6-8-12)23-20(22)24-18(13)25;1-20(2)27-15-14(10-25)26-18(16(15)28-20)24-8-7-12-13(9-11-5-3-4-6-11)22-19(21)23-17(12)24/h9-10,12,15-17,19H,4-8,11H2,1-3H3;7-8,11,14-16,18,25H,3-6,9-10H2,1-2H3/t15-,16-,17-,19-;14-,15-,16-,18-/m11/s1. The Bertz CT molecular complexity index is 1900. The van der Waals surface area contributed by atoms with Crippen LogP contribution in [0.15, 0.2) is 24.5 Å². The first kappa shape index (κ1) is 39.0. The van der Waals surface area contributed by atoms with Crippen LogP contribution >= 0.6 is 23.2 Å². The molecule has 4 aromatic rings. The highest BCUT2D eigenvalue weighted by atomic mass is 35.5. The number of hydrogen-bond acceptors (Lipinski definition) is 11. The molecule has 4 aliphatic heterocycles. The molecular weight excluding hydrogens is 759 g/mol. The molecule has 6 fully saturated rings. The van der Waals surface area contributed by atoms with E-state index >= 15 is 0 Å². The van der Waals surface area contributed by atoms with Crippen molar-refractivity contribution in [1.82, 2.24) is 29.1 Å². The summed E-state index contributed by atoms with van der Waals surface area (Å²) in [6, 6.07) is 4.12. The Morgan fingerprint density at radius 1 is 0.643 bits per heavy atom. The SMILES string of the molecule is CC1(C)O[C@@H]2[C@H](O1)[C@@H](CO)O[C@H]2n1ccc2c(CC3CCCC3)nc(Cl)nc21.CC[C@H]1O[C@@H](n2ccc3c(CC4CCCC4)nc(Cl)nc32)[C@@H]2OC(C)(C)O[C@@H]21. The third kappa shape index (κ3) is 7.38. The Hall–Kier alpha value is -2.46. The Kier molecular flexibility index (Phi) is 10.7. The summed E-state index contributed by atoms with van der Waals surface area (Å²) in [6.45, 7) is 9.67. The third-order valence-corrected chi connectivity index (χ3v) is 12.9. The molecule has 13 nitrogen and oxygen atoms in total. The van der Waals surface area contributed by atoms with E-state index in [0.29, 0.717) is 17.1 Å². The molecule has 15 heteroatoms. The number of nitrogens with zero attached hydrogens (tertiary/aromatic N) is 6. The Morgan fingerprint density at radius 2 is 1.05 bits per heavy atom. The minimum Gasteiger partial charge on any atom is -0.394 e. The molecule has 4 aromatic heterocycles. The van der Waals surface area contributed by atoms with Crippen LogP contribution in [0, 0.1) is 11.8 Å². The van der Waals surface area contributed by atoms with E-state index in [0.717, 1.165) is 52.7 Å². The number of fused-ring (bicyclic) bond motifs is 4. The number of rotatable bonds is 8. The lowest BCUT2D eigenvalue weighted by Crippen LogP contribution is -2.31.